The predicted octanol–water partition coefficient (Wildman–Crippen LogP) is 3.07. The lowest BCUT2D eigenvalue weighted by molar-refractivity contribution is 0.102. The highest BCUT2D eigenvalue weighted by molar-refractivity contribution is 6.08. The Morgan fingerprint density at radius 2 is 2.19 bits per heavy atom. The number of nitrogens with zero attached hydrogens (tertiary/aromatic N) is 2. The average Bonchev–Trinajstić information content (AvgIpc) is 3.15. The molecule has 102 valence electrons. The molecule has 0 unspecified atom stereocenters. The third-order valence-corrected chi connectivity index (χ3v) is 3.51. The molecule has 0 fully saturated rings. The molecule has 5 heteroatoms. The number of pyridine rings is 1. The van der Waals surface area contributed by atoms with Crippen molar-refractivity contribution in [3.8, 4) is 0 Å². The number of carbonyl (C=O) groups is 1. The lowest BCUT2D eigenvalue weighted by atomic mass is 10.2. The number of hydrogen-bond acceptors (Lipinski definition) is 2. The maximum absolute atomic E-state index is 12.4. The largest absolute Gasteiger partial charge is 0.359 e. The summed E-state index contributed by atoms with van der Waals surface area (Å²) in [5.41, 5.74) is 3.19. The molecule has 0 radical (unpaired) electrons. The van der Waals surface area contributed by atoms with Crippen molar-refractivity contribution in [1.29, 1.82) is 0 Å². The number of imidazole rings is 1. The summed E-state index contributed by atoms with van der Waals surface area (Å²) in [6.45, 7) is 0. The van der Waals surface area contributed by atoms with E-state index in [0.29, 0.717) is 5.56 Å². The van der Waals surface area contributed by atoms with E-state index in [2.05, 4.69) is 15.3 Å². The molecular weight excluding hydrogens is 264 g/mol. The number of amides is 1. The highest BCUT2D eigenvalue weighted by Crippen LogP contribution is 2.22. The summed E-state index contributed by atoms with van der Waals surface area (Å²) >= 11 is 0. The van der Waals surface area contributed by atoms with Crippen LogP contribution in [0.4, 0.5) is 5.69 Å². The molecule has 0 aliphatic heterocycles. The lowest BCUT2D eigenvalue weighted by Gasteiger charge is -2.07. The van der Waals surface area contributed by atoms with E-state index in [-0.39, 0.29) is 5.91 Å². The maximum atomic E-state index is 12.4. The summed E-state index contributed by atoms with van der Waals surface area (Å²) in [6, 6.07) is 11.4. The monoisotopic (exact) mass is 276 g/mol. The summed E-state index contributed by atoms with van der Waals surface area (Å²) in [6.07, 6.45) is 7.12. The van der Waals surface area contributed by atoms with Gasteiger partial charge in [0.15, 0.2) is 0 Å². The van der Waals surface area contributed by atoms with Gasteiger partial charge < -0.3 is 14.7 Å². The predicted molar refractivity (Wildman–Crippen MR) is 81.4 cm³/mol. The van der Waals surface area contributed by atoms with Gasteiger partial charge in [-0.15, -0.1) is 0 Å². The highest BCUT2D eigenvalue weighted by Gasteiger charge is 2.09. The molecule has 0 atom stereocenters. The molecule has 4 rings (SSSR count). The first-order valence-electron chi connectivity index (χ1n) is 6.60. The second-order valence-corrected chi connectivity index (χ2v) is 4.84. The van der Waals surface area contributed by atoms with Crippen molar-refractivity contribution in [1.82, 2.24) is 14.4 Å². The first-order valence-corrected chi connectivity index (χ1v) is 6.60. The van der Waals surface area contributed by atoms with E-state index in [1.54, 1.807) is 18.6 Å². The van der Waals surface area contributed by atoms with Crippen molar-refractivity contribution in [3.63, 3.8) is 0 Å². The Morgan fingerprint density at radius 1 is 1.24 bits per heavy atom. The molecule has 0 saturated carbocycles. The van der Waals surface area contributed by atoms with Crippen LogP contribution in [0.25, 0.3) is 16.4 Å². The zero-order valence-electron chi connectivity index (χ0n) is 11.1. The van der Waals surface area contributed by atoms with Crippen LogP contribution in [0.1, 0.15) is 10.4 Å². The molecular formula is C16H12N4O. The number of aromatic nitrogens is 3. The van der Waals surface area contributed by atoms with Gasteiger partial charge in [-0.05, 0) is 24.3 Å². The van der Waals surface area contributed by atoms with Crippen molar-refractivity contribution in [2.75, 3.05) is 5.32 Å². The van der Waals surface area contributed by atoms with Crippen LogP contribution in [0.3, 0.4) is 0 Å². The van der Waals surface area contributed by atoms with Crippen molar-refractivity contribution >= 4 is 28.0 Å². The van der Waals surface area contributed by atoms with Crippen LogP contribution >= 0.6 is 0 Å². The quantitative estimate of drug-likeness (QED) is 0.591. The molecule has 1 amide bonds. The van der Waals surface area contributed by atoms with E-state index in [0.717, 1.165) is 22.1 Å². The molecule has 0 aliphatic carbocycles. The number of H-pyrrole nitrogens is 1. The zero-order valence-corrected chi connectivity index (χ0v) is 11.1. The van der Waals surface area contributed by atoms with Gasteiger partial charge in [-0.3, -0.25) is 4.79 Å². The number of aromatic amines is 1. The Balaban J connectivity index is 1.70. The number of para-hydroxylation sites is 1. The number of anilines is 1. The van der Waals surface area contributed by atoms with E-state index in [1.165, 1.54) is 0 Å². The van der Waals surface area contributed by atoms with Crippen LogP contribution in [-0.4, -0.2) is 20.3 Å². The summed E-state index contributed by atoms with van der Waals surface area (Å²) in [4.78, 5) is 19.6. The third-order valence-electron chi connectivity index (χ3n) is 3.51. The van der Waals surface area contributed by atoms with Gasteiger partial charge >= 0.3 is 0 Å². The Kier molecular flexibility index (Phi) is 2.50. The normalized spacial score (nSPS) is 11.0. The lowest BCUT2D eigenvalue weighted by Crippen LogP contribution is -2.12. The van der Waals surface area contributed by atoms with E-state index in [9.17, 15) is 4.79 Å². The number of benzene rings is 1. The minimum absolute atomic E-state index is 0.138. The smallest absolute Gasteiger partial charge is 0.255 e. The van der Waals surface area contributed by atoms with Crippen LogP contribution < -0.4 is 5.32 Å². The minimum Gasteiger partial charge on any atom is -0.359 e. The van der Waals surface area contributed by atoms with Gasteiger partial charge in [-0.2, -0.15) is 0 Å². The fourth-order valence-electron chi connectivity index (χ4n) is 2.44. The number of carbonyl (C=O) groups excluding carboxylic acids is 1. The van der Waals surface area contributed by atoms with Crippen molar-refractivity contribution in [2.24, 2.45) is 0 Å². The Hall–Kier alpha value is -3.08. The molecule has 21 heavy (non-hydrogen) atoms. The van der Waals surface area contributed by atoms with E-state index in [4.69, 9.17) is 0 Å². The van der Waals surface area contributed by atoms with Gasteiger partial charge in [0.25, 0.3) is 5.91 Å². The average molecular weight is 276 g/mol. The zero-order chi connectivity index (χ0) is 14.2. The molecule has 3 aromatic heterocycles. The number of fused-ring (bicyclic) bond motifs is 2. The summed E-state index contributed by atoms with van der Waals surface area (Å²) in [5.74, 6) is -0.138. The summed E-state index contributed by atoms with van der Waals surface area (Å²) in [5, 5.41) is 4.01. The van der Waals surface area contributed by atoms with Crippen molar-refractivity contribution < 1.29 is 4.79 Å². The minimum atomic E-state index is -0.138. The fourth-order valence-corrected chi connectivity index (χ4v) is 2.44. The van der Waals surface area contributed by atoms with Gasteiger partial charge in [0.2, 0.25) is 0 Å². The van der Waals surface area contributed by atoms with Gasteiger partial charge in [0.1, 0.15) is 0 Å². The summed E-state index contributed by atoms with van der Waals surface area (Å²) < 4.78 is 1.86. The molecule has 3 heterocycles. The van der Waals surface area contributed by atoms with Crippen LogP contribution in [0.2, 0.25) is 0 Å². The number of hydrogen-bond donors (Lipinski definition) is 2. The van der Waals surface area contributed by atoms with Gasteiger partial charge in [0, 0.05) is 23.3 Å². The second-order valence-electron chi connectivity index (χ2n) is 4.84. The third kappa shape index (κ3) is 1.95. The van der Waals surface area contributed by atoms with Crippen molar-refractivity contribution in [2.45, 2.75) is 0 Å². The molecule has 4 aromatic rings. The Morgan fingerprint density at radius 3 is 3.14 bits per heavy atom. The van der Waals surface area contributed by atoms with Gasteiger partial charge in [-0.1, -0.05) is 12.1 Å². The molecule has 0 bridgehead atoms. The maximum Gasteiger partial charge on any atom is 0.255 e. The molecule has 0 aliphatic rings. The molecule has 5 nitrogen and oxygen atoms in total. The Labute approximate surface area is 120 Å². The molecule has 2 N–H and O–H groups in total. The van der Waals surface area contributed by atoms with E-state index >= 15 is 0 Å². The second kappa shape index (κ2) is 4.49. The highest BCUT2D eigenvalue weighted by atomic mass is 16.1. The van der Waals surface area contributed by atoms with Crippen LogP contribution in [0, 0.1) is 0 Å². The fraction of sp³-hybridized carbons (Fsp3) is 0. The van der Waals surface area contributed by atoms with E-state index < -0.39 is 0 Å². The standard InChI is InChI=1S/C16H12N4O/c21-16(12-5-7-20-10-17-9-13(20)8-12)19-14-3-1-2-11-4-6-18-15(11)14/h1-10,18H,(H,19,21). The molecule has 0 spiro atoms. The molecule has 1 aromatic carbocycles. The SMILES string of the molecule is O=C(Nc1cccc2cc[nH]c12)c1ccn2cncc2c1. The van der Waals surface area contributed by atoms with Crippen LogP contribution in [0.5, 0.6) is 0 Å². The van der Waals surface area contributed by atoms with Gasteiger partial charge in [0.05, 0.1) is 29.2 Å². The summed E-state index contributed by atoms with van der Waals surface area (Å²) in [7, 11) is 0. The van der Waals surface area contributed by atoms with Crippen molar-refractivity contribution in [3.05, 3.63) is 66.9 Å². The molecule has 0 saturated heterocycles. The number of rotatable bonds is 2. The van der Waals surface area contributed by atoms with Crippen LogP contribution in [-0.2, 0) is 0 Å². The van der Waals surface area contributed by atoms with Crippen LogP contribution in [0.15, 0.2) is 61.3 Å². The topological polar surface area (TPSA) is 62.2 Å². The first kappa shape index (κ1) is 11.7. The number of nitrogens with one attached hydrogen (secondary N) is 2. The van der Waals surface area contributed by atoms with Gasteiger partial charge in [-0.25, -0.2) is 4.98 Å². The first-order chi connectivity index (χ1) is 10.3. The van der Waals surface area contributed by atoms with E-state index in [1.807, 2.05) is 47.1 Å². The Bertz CT molecular complexity index is 951.